The fourth-order valence-corrected chi connectivity index (χ4v) is 1.79. The van der Waals surface area contributed by atoms with Crippen LogP contribution in [0.15, 0.2) is 0 Å². The third-order valence-electron chi connectivity index (χ3n) is 2.33. The number of rotatable bonds is 4. The minimum absolute atomic E-state index is 0. The molecule has 1 aliphatic rings. The van der Waals surface area contributed by atoms with Crippen molar-refractivity contribution in [2.75, 3.05) is 6.61 Å². The summed E-state index contributed by atoms with van der Waals surface area (Å²) in [6, 6.07) is 0. The Balaban J connectivity index is 0. The molecule has 1 saturated heterocycles. The van der Waals surface area contributed by atoms with Crippen molar-refractivity contribution in [3.05, 3.63) is 0 Å². The van der Waals surface area contributed by atoms with Crippen molar-refractivity contribution in [1.82, 2.24) is 0 Å². The molecule has 0 radical (unpaired) electrons. The number of phosphoric acid groups is 1. The first-order chi connectivity index (χ1) is 8.05. The summed E-state index contributed by atoms with van der Waals surface area (Å²) in [5.41, 5.74) is 0. The van der Waals surface area contributed by atoms with Gasteiger partial charge in [0.05, 0.1) is 12.7 Å². The number of carboxylic acids is 1. The molecular formula is C7H11Na2O10P. The van der Waals surface area contributed by atoms with Crippen LogP contribution >= 0.6 is 7.82 Å². The van der Waals surface area contributed by atoms with E-state index in [2.05, 4.69) is 9.26 Å². The third kappa shape index (κ3) is 6.67. The number of carbonyl (C=O) groups is 1. The Morgan fingerprint density at radius 1 is 1.45 bits per heavy atom. The van der Waals surface area contributed by atoms with Crippen molar-refractivity contribution in [3.8, 4) is 0 Å². The summed E-state index contributed by atoms with van der Waals surface area (Å²) in [6.45, 7) is -0.981. The van der Waals surface area contributed by atoms with Gasteiger partial charge in [-0.2, -0.15) is 0 Å². The van der Waals surface area contributed by atoms with E-state index in [1.54, 1.807) is 0 Å². The first-order valence-corrected chi connectivity index (χ1v) is 6.21. The van der Waals surface area contributed by atoms with Crippen molar-refractivity contribution in [2.45, 2.75) is 30.5 Å². The van der Waals surface area contributed by atoms with Crippen LogP contribution < -0.4 is 69.1 Å². The van der Waals surface area contributed by atoms with Gasteiger partial charge in [0.15, 0.2) is 0 Å². The molecule has 1 aliphatic heterocycles. The van der Waals surface area contributed by atoms with Crippen LogP contribution in [0.5, 0.6) is 0 Å². The van der Waals surface area contributed by atoms with Crippen molar-refractivity contribution in [1.29, 1.82) is 0 Å². The fourth-order valence-electron chi connectivity index (χ4n) is 1.45. The average Bonchev–Trinajstić information content (AvgIpc) is 2.20. The van der Waals surface area contributed by atoms with E-state index < -0.39 is 50.9 Å². The monoisotopic (exact) mass is 332 g/mol. The second-order valence-electron chi connectivity index (χ2n) is 3.75. The molecule has 1 heterocycles. The maximum Gasteiger partial charge on any atom is 1.00 e. The summed E-state index contributed by atoms with van der Waals surface area (Å²) < 4.78 is 18.7. The van der Waals surface area contributed by atoms with Crippen LogP contribution in [0, 0.1) is 0 Å². The molecule has 0 aromatic heterocycles. The van der Waals surface area contributed by atoms with E-state index in [1.165, 1.54) is 0 Å². The van der Waals surface area contributed by atoms with Crippen molar-refractivity contribution in [2.24, 2.45) is 0 Å². The number of hydrogen-bond donors (Lipinski definition) is 4. The van der Waals surface area contributed by atoms with E-state index in [4.69, 9.17) is 4.89 Å². The Morgan fingerprint density at radius 2 is 1.95 bits per heavy atom. The van der Waals surface area contributed by atoms with Gasteiger partial charge in [0.25, 0.3) is 7.82 Å². The van der Waals surface area contributed by atoms with Crippen molar-refractivity contribution >= 4 is 13.8 Å². The van der Waals surface area contributed by atoms with Crippen LogP contribution in [0.2, 0.25) is 0 Å². The third-order valence-corrected chi connectivity index (χ3v) is 2.80. The van der Waals surface area contributed by atoms with E-state index in [1.807, 2.05) is 0 Å². The smallest absolute Gasteiger partial charge is 0.756 e. The van der Waals surface area contributed by atoms with E-state index in [0.29, 0.717) is 0 Å². The quantitative estimate of drug-likeness (QED) is 0.285. The topological polar surface area (TPSA) is 180 Å². The molecular weight excluding hydrogens is 321 g/mol. The Hall–Kier alpha value is 1.42. The molecule has 0 amide bonds. The molecule has 4 N–H and O–H groups in total. The van der Waals surface area contributed by atoms with E-state index in [0.717, 1.165) is 0 Å². The molecule has 5 atom stereocenters. The molecule has 13 heteroatoms. The normalized spacial score (nSPS) is 36.1. The number of ether oxygens (including phenoxy) is 1. The van der Waals surface area contributed by atoms with Crippen molar-refractivity contribution < 1.29 is 108 Å². The fraction of sp³-hybridized carbons (Fsp3) is 0.857. The molecule has 20 heavy (non-hydrogen) atoms. The zero-order valence-corrected chi connectivity index (χ0v) is 15.7. The standard InChI is InChI=1S/C7H13O10P.2Na/c8-3-1-7(12,6(10)11)17-4(5(3)9)2-16-18(13,14)15;;/h3-5,8-9,12H,1-2H2,(H,10,11)(H2,13,14,15);;/q;2*+1/p-2. The number of carbonyl (C=O) groups excluding carboxylic acids is 1. The number of aliphatic hydroxyl groups excluding tert-OH is 2. The molecule has 0 bridgehead atoms. The van der Waals surface area contributed by atoms with Crippen LogP contribution in [-0.4, -0.2) is 56.9 Å². The number of aliphatic carboxylic acids is 1. The largest absolute Gasteiger partial charge is 1.00 e. The molecule has 0 spiro atoms. The van der Waals surface area contributed by atoms with Gasteiger partial charge in [-0.05, 0) is 0 Å². The maximum absolute atomic E-state index is 10.6. The first-order valence-electron chi connectivity index (χ1n) is 4.71. The Labute approximate surface area is 157 Å². The number of phosphoric ester groups is 1. The molecule has 1 fully saturated rings. The van der Waals surface area contributed by atoms with E-state index >= 15 is 0 Å². The first kappa shape index (κ1) is 23.7. The molecule has 5 unspecified atom stereocenters. The zero-order valence-electron chi connectivity index (χ0n) is 10.8. The van der Waals surface area contributed by atoms with Gasteiger partial charge in [0.1, 0.15) is 18.2 Å². The van der Waals surface area contributed by atoms with Gasteiger partial charge < -0.3 is 44.3 Å². The minimum atomic E-state index is -5.11. The van der Waals surface area contributed by atoms with Crippen molar-refractivity contribution in [3.63, 3.8) is 0 Å². The van der Waals surface area contributed by atoms with Crippen LogP contribution in [0.3, 0.4) is 0 Å². The van der Waals surface area contributed by atoms with E-state index in [-0.39, 0.29) is 59.1 Å². The van der Waals surface area contributed by atoms with Gasteiger partial charge >= 0.3 is 59.1 Å². The van der Waals surface area contributed by atoms with Gasteiger partial charge in [-0.1, -0.05) is 0 Å². The molecule has 10 nitrogen and oxygen atoms in total. The summed E-state index contributed by atoms with van der Waals surface area (Å²) in [4.78, 5) is 29.2. The average molecular weight is 332 g/mol. The Bertz CT molecular complexity index is 375. The second kappa shape index (κ2) is 8.90. The maximum atomic E-state index is 10.6. The Kier molecular flexibility index (Phi) is 10.5. The Morgan fingerprint density at radius 3 is 2.35 bits per heavy atom. The van der Waals surface area contributed by atoms with Gasteiger partial charge in [-0.3, -0.25) is 4.57 Å². The van der Waals surface area contributed by atoms with Crippen LogP contribution in [0.1, 0.15) is 6.42 Å². The summed E-state index contributed by atoms with van der Waals surface area (Å²) in [6.07, 6.45) is -5.93. The van der Waals surface area contributed by atoms with Crippen LogP contribution in [0.25, 0.3) is 0 Å². The molecule has 0 aliphatic carbocycles. The SMILES string of the molecule is O=C([O-])C1(O)CC(O)C(O)C(COP(=O)([O-])O)O1.[Na+].[Na+]. The zero-order chi connectivity index (χ0) is 14.1. The summed E-state index contributed by atoms with van der Waals surface area (Å²) in [5.74, 6) is -4.94. The number of aliphatic hydroxyl groups is 3. The summed E-state index contributed by atoms with van der Waals surface area (Å²) in [5, 5.41) is 38.7. The van der Waals surface area contributed by atoms with Gasteiger partial charge in [-0.15, -0.1) is 0 Å². The molecule has 106 valence electrons. The molecule has 0 aromatic carbocycles. The molecule has 0 aromatic rings. The van der Waals surface area contributed by atoms with Crippen LogP contribution in [-0.2, 0) is 18.6 Å². The summed E-state index contributed by atoms with van der Waals surface area (Å²) in [7, 11) is -5.11. The predicted molar refractivity (Wildman–Crippen MR) is 47.2 cm³/mol. The predicted octanol–water partition coefficient (Wildman–Crippen LogP) is -10.6. The van der Waals surface area contributed by atoms with Gasteiger partial charge in [-0.25, -0.2) is 0 Å². The van der Waals surface area contributed by atoms with Gasteiger partial charge in [0.2, 0.25) is 5.79 Å². The number of hydrogen-bond acceptors (Lipinski definition) is 9. The minimum Gasteiger partial charge on any atom is -0.756 e. The number of carboxylic acid groups (broad SMARTS) is 1. The second-order valence-corrected chi connectivity index (χ2v) is 4.95. The summed E-state index contributed by atoms with van der Waals surface area (Å²) >= 11 is 0. The molecule has 0 saturated carbocycles. The molecule has 1 rings (SSSR count). The van der Waals surface area contributed by atoms with Crippen LogP contribution in [0.4, 0.5) is 0 Å². The van der Waals surface area contributed by atoms with E-state index in [9.17, 15) is 34.7 Å². The van der Waals surface area contributed by atoms with Gasteiger partial charge in [0, 0.05) is 6.42 Å².